The van der Waals surface area contributed by atoms with Crippen molar-refractivity contribution < 1.29 is 35.1 Å². The number of carbonyl (C=O) groups is 2. The van der Waals surface area contributed by atoms with E-state index in [1.54, 1.807) is 0 Å². The van der Waals surface area contributed by atoms with Crippen LogP contribution in [0.15, 0.2) is 41.4 Å². The minimum absolute atomic E-state index is 0. The Morgan fingerprint density at radius 1 is 0.845 bits per heavy atom. The molecule has 5 unspecified atom stereocenters. The number of guanidine groups is 1. The lowest BCUT2D eigenvalue weighted by Gasteiger charge is -2.30. The van der Waals surface area contributed by atoms with Crippen molar-refractivity contribution in [2.24, 2.45) is 16.5 Å². The number of unbranched alkanes of at least 4 members (excludes halogenated alkanes) is 4. The number of aliphatic hydroxyl groups is 5. The second-order valence-corrected chi connectivity index (χ2v) is 14.6. The average Bonchev–Trinajstić information content (AvgIpc) is 3.19. The number of nitrogens with one attached hydrogen (secondary N) is 2. The van der Waals surface area contributed by atoms with E-state index in [9.17, 15) is 30.0 Å². The van der Waals surface area contributed by atoms with E-state index in [-0.39, 0.29) is 47.4 Å². The zero-order valence-electron chi connectivity index (χ0n) is 33.1. The molecule has 1 aromatic heterocycles. The number of aliphatic hydroxyl groups excluding tert-OH is 5. The van der Waals surface area contributed by atoms with Crippen LogP contribution in [-0.4, -0.2) is 128 Å². The summed E-state index contributed by atoms with van der Waals surface area (Å²) in [4.78, 5) is 38.8. The van der Waals surface area contributed by atoms with Crippen molar-refractivity contribution in [1.82, 2.24) is 25.5 Å². The molecule has 0 aliphatic carbocycles. The number of fused-ring (bicyclic) bond motifs is 1. The second-order valence-electron chi connectivity index (χ2n) is 14.2. The smallest absolute Gasteiger partial charge is 0.280 e. The number of aryl methyl sites for hydroxylation is 2. The molecule has 2 amide bonds. The third kappa shape index (κ3) is 16.0. The summed E-state index contributed by atoms with van der Waals surface area (Å²) in [5.74, 6) is -1.49. The van der Waals surface area contributed by atoms with Crippen molar-refractivity contribution in [1.29, 1.82) is 0 Å². The number of carbonyl (C=O) groups excluding carboxylic acids is 2. The van der Waals surface area contributed by atoms with Gasteiger partial charge in [-0.2, -0.15) is 0 Å². The van der Waals surface area contributed by atoms with E-state index in [0.717, 1.165) is 54.9 Å². The summed E-state index contributed by atoms with van der Waals surface area (Å²) in [6, 6.07) is 11.8. The Bertz CT molecular complexity index is 1760. The maximum absolute atomic E-state index is 12.5. The van der Waals surface area contributed by atoms with Gasteiger partial charge in [0.05, 0.1) is 18.8 Å². The SMILES string of the molecule is CCCCCCN(CCCNC(CCc1ccc(CCCCN=C(N)NC(=O)c2nc(Cl)c(N)nc2N)c2ccccc12)C(N)=O)CC(O)C(O)C(O)C(O)CO.Cl. The minimum atomic E-state index is -1.68. The number of aliphatic imine (C=N–C) groups is 1. The third-order valence-electron chi connectivity index (χ3n) is 9.79. The Kier molecular flexibility index (Phi) is 22.7. The molecule has 3 aromatic rings. The summed E-state index contributed by atoms with van der Waals surface area (Å²) in [5.41, 5.74) is 25.1. The number of anilines is 2. The number of aromatic nitrogens is 2. The zero-order chi connectivity index (χ0) is 41.9. The molecule has 2 aromatic carbocycles. The molecule has 0 spiro atoms. The fourth-order valence-corrected chi connectivity index (χ4v) is 6.65. The number of benzene rings is 2. The van der Waals surface area contributed by atoms with Gasteiger partial charge in [0, 0.05) is 13.1 Å². The van der Waals surface area contributed by atoms with Gasteiger partial charge in [-0.15, -0.1) is 12.4 Å². The maximum Gasteiger partial charge on any atom is 0.280 e. The number of nitrogens with zero attached hydrogens (tertiary/aromatic N) is 4. The molecule has 0 radical (unpaired) electrons. The molecule has 0 bridgehead atoms. The van der Waals surface area contributed by atoms with E-state index in [1.165, 1.54) is 5.56 Å². The molecule has 0 aliphatic rings. The monoisotopic (exact) mass is 852 g/mol. The van der Waals surface area contributed by atoms with Gasteiger partial charge in [0.2, 0.25) is 5.91 Å². The summed E-state index contributed by atoms with van der Waals surface area (Å²) < 4.78 is 0. The van der Waals surface area contributed by atoms with E-state index in [2.05, 4.69) is 56.8 Å². The lowest BCUT2D eigenvalue weighted by atomic mass is 9.93. The van der Waals surface area contributed by atoms with Crippen LogP contribution in [-0.2, 0) is 17.6 Å². The quantitative estimate of drug-likeness (QED) is 0.0306. The second kappa shape index (κ2) is 26.2. The van der Waals surface area contributed by atoms with Crippen LogP contribution in [0.25, 0.3) is 10.8 Å². The normalized spacial score (nSPS) is 14.4. The number of primary amides is 1. The lowest BCUT2D eigenvalue weighted by Crippen LogP contribution is -2.50. The first-order valence-corrected chi connectivity index (χ1v) is 19.9. The highest BCUT2D eigenvalue weighted by atomic mass is 35.5. The predicted octanol–water partition coefficient (Wildman–Crippen LogP) is 1.02. The number of amides is 2. The van der Waals surface area contributed by atoms with Gasteiger partial charge in [-0.25, -0.2) is 9.97 Å². The molecule has 3 rings (SSSR count). The van der Waals surface area contributed by atoms with Crippen LogP contribution < -0.4 is 33.6 Å². The molecular weight excluding hydrogens is 791 g/mol. The van der Waals surface area contributed by atoms with Crippen LogP contribution >= 0.6 is 24.0 Å². The van der Waals surface area contributed by atoms with Crippen molar-refractivity contribution in [2.45, 2.75) is 102 Å². The van der Waals surface area contributed by atoms with Gasteiger partial charge >= 0.3 is 0 Å². The molecule has 58 heavy (non-hydrogen) atoms. The van der Waals surface area contributed by atoms with E-state index in [0.29, 0.717) is 51.9 Å². The van der Waals surface area contributed by atoms with Crippen LogP contribution in [0.3, 0.4) is 0 Å². The van der Waals surface area contributed by atoms with Gasteiger partial charge in [0.15, 0.2) is 28.4 Å². The number of hydrogen-bond donors (Lipinski definition) is 11. The van der Waals surface area contributed by atoms with Crippen molar-refractivity contribution in [3.05, 3.63) is 58.4 Å². The molecule has 19 heteroatoms. The highest BCUT2D eigenvalue weighted by Gasteiger charge is 2.31. The van der Waals surface area contributed by atoms with Gasteiger partial charge in [-0.1, -0.05) is 74.2 Å². The summed E-state index contributed by atoms with van der Waals surface area (Å²) in [6.07, 6.45) is 1.93. The molecule has 0 saturated heterocycles. The highest BCUT2D eigenvalue weighted by Crippen LogP contribution is 2.26. The first-order chi connectivity index (χ1) is 27.3. The first-order valence-electron chi connectivity index (χ1n) is 19.5. The molecule has 0 fully saturated rings. The van der Waals surface area contributed by atoms with Crippen molar-refractivity contribution in [2.75, 3.05) is 50.8 Å². The molecule has 324 valence electrons. The van der Waals surface area contributed by atoms with Crippen molar-refractivity contribution in [3.8, 4) is 0 Å². The Morgan fingerprint density at radius 2 is 1.48 bits per heavy atom. The van der Waals surface area contributed by atoms with Gasteiger partial charge in [0.25, 0.3) is 5.91 Å². The van der Waals surface area contributed by atoms with E-state index in [4.69, 9.17) is 39.6 Å². The van der Waals surface area contributed by atoms with Crippen LogP contribution in [0.1, 0.15) is 79.9 Å². The van der Waals surface area contributed by atoms with Gasteiger partial charge in [-0.05, 0) is 86.5 Å². The maximum atomic E-state index is 12.5. The predicted molar refractivity (Wildman–Crippen MR) is 230 cm³/mol. The number of halogens is 2. The van der Waals surface area contributed by atoms with Gasteiger partial charge in [0.1, 0.15) is 18.3 Å². The highest BCUT2D eigenvalue weighted by molar-refractivity contribution is 6.31. The molecule has 15 N–H and O–H groups in total. The Balaban J connectivity index is 0.0000116. The standard InChI is InChI=1S/C39H61ClN10O7.ClH/c1-2-3-4-9-20-50(22-29(52)32(54)33(55)30(53)23-51)21-10-19-45-28(37(43)56)17-16-25-15-14-24(26-12-5-6-13-27(25)26)11-7-8-18-46-39(44)49-38(57)31-35(41)48-36(42)34(40)47-31;/h5-6,12-15,28-30,32-33,45,51-55H,2-4,7-11,16-23H2,1H3,(H2,43,56)(H4,41,42,48)(H3,44,46,49,57);1H. The Morgan fingerprint density at radius 3 is 2.12 bits per heavy atom. The van der Waals surface area contributed by atoms with Gasteiger partial charge < -0.3 is 58.7 Å². The largest absolute Gasteiger partial charge is 0.394 e. The van der Waals surface area contributed by atoms with E-state index < -0.39 is 48.9 Å². The Labute approximate surface area is 351 Å². The first kappa shape index (κ1) is 50.2. The lowest BCUT2D eigenvalue weighted by molar-refractivity contribution is -0.120. The molecule has 5 atom stereocenters. The van der Waals surface area contributed by atoms with Crippen LogP contribution in [0.5, 0.6) is 0 Å². The summed E-state index contributed by atoms with van der Waals surface area (Å²) in [5, 5.41) is 57.6. The van der Waals surface area contributed by atoms with Gasteiger partial charge in [-0.3, -0.25) is 19.9 Å². The number of nitrogen functional groups attached to an aromatic ring is 2. The fourth-order valence-electron chi connectivity index (χ4n) is 6.53. The summed E-state index contributed by atoms with van der Waals surface area (Å²) in [6.45, 7) is 3.55. The molecule has 17 nitrogen and oxygen atoms in total. The van der Waals surface area contributed by atoms with Crippen LogP contribution in [0, 0.1) is 0 Å². The number of rotatable bonds is 26. The number of nitrogens with two attached hydrogens (primary N) is 4. The van der Waals surface area contributed by atoms with Crippen molar-refractivity contribution >= 4 is 64.2 Å². The summed E-state index contributed by atoms with van der Waals surface area (Å²) in [7, 11) is 0. The molecule has 0 aliphatic heterocycles. The number of hydrogen-bond acceptors (Lipinski definition) is 14. The zero-order valence-corrected chi connectivity index (χ0v) is 34.7. The fraction of sp³-hybridized carbons (Fsp3) is 0.564. The van der Waals surface area contributed by atoms with E-state index >= 15 is 0 Å². The molecular formula is C39H62Cl2N10O7. The van der Waals surface area contributed by atoms with Crippen LogP contribution in [0.2, 0.25) is 5.15 Å². The van der Waals surface area contributed by atoms with Crippen molar-refractivity contribution in [3.63, 3.8) is 0 Å². The topological polar surface area (TPSA) is 305 Å². The molecule has 0 saturated carbocycles. The molecule has 1 heterocycles. The minimum Gasteiger partial charge on any atom is -0.394 e. The van der Waals surface area contributed by atoms with Crippen LogP contribution in [0.4, 0.5) is 11.6 Å². The average molecular weight is 854 g/mol. The Hall–Kier alpha value is -3.91. The summed E-state index contributed by atoms with van der Waals surface area (Å²) >= 11 is 5.86. The van der Waals surface area contributed by atoms with E-state index in [1.807, 2.05) is 17.0 Å². The third-order valence-corrected chi connectivity index (χ3v) is 10.1.